The molecule has 2 aromatic carbocycles. The van der Waals surface area contributed by atoms with E-state index in [2.05, 4.69) is 15.3 Å². The van der Waals surface area contributed by atoms with Gasteiger partial charge in [0.25, 0.3) is 11.8 Å². The third-order valence-corrected chi connectivity index (χ3v) is 6.59. The number of pyridine rings is 1. The molecule has 0 aliphatic heterocycles. The molecule has 0 atom stereocenters. The summed E-state index contributed by atoms with van der Waals surface area (Å²) in [5.41, 5.74) is 3.00. The molecule has 0 bridgehead atoms. The molecule has 0 unspecified atom stereocenters. The van der Waals surface area contributed by atoms with Crippen molar-refractivity contribution in [3.05, 3.63) is 74.7 Å². The summed E-state index contributed by atoms with van der Waals surface area (Å²) in [7, 11) is 3.35. The molecule has 9 heteroatoms. The summed E-state index contributed by atoms with van der Waals surface area (Å²) < 4.78 is 0. The van der Waals surface area contributed by atoms with E-state index in [0.29, 0.717) is 47.9 Å². The number of aryl methyl sites for hydroxylation is 1. The molecule has 1 N–H and O–H groups in total. The number of anilines is 1. The van der Waals surface area contributed by atoms with Crippen LogP contribution in [-0.4, -0.2) is 40.8 Å². The van der Waals surface area contributed by atoms with Crippen LogP contribution in [0.2, 0.25) is 10.0 Å². The minimum absolute atomic E-state index is 0.156. The van der Waals surface area contributed by atoms with Crippen LogP contribution in [0.1, 0.15) is 25.7 Å². The molecule has 0 radical (unpaired) electrons. The Morgan fingerprint density at radius 2 is 1.75 bits per heavy atom. The smallest absolute Gasteiger partial charge is 0.265 e. The fourth-order valence-corrected chi connectivity index (χ4v) is 4.46. The molecule has 162 valence electrons. The Kier molecular flexibility index (Phi) is 6.15. The number of nitrogens with one attached hydrogen (secondary N) is 1. The van der Waals surface area contributed by atoms with Gasteiger partial charge >= 0.3 is 0 Å². The monoisotopic (exact) mass is 484 g/mol. The SMILES string of the molecule is Cc1nc(NC(=O)c2cc(-c3ccc(Cl)c(Cl)c3)nc3ccccc23)sc1C(=O)N(C)C. The molecule has 0 spiro atoms. The molecule has 6 nitrogen and oxygen atoms in total. The first-order valence-electron chi connectivity index (χ1n) is 9.60. The van der Waals surface area contributed by atoms with Gasteiger partial charge in [0.1, 0.15) is 4.88 Å². The van der Waals surface area contributed by atoms with Crippen LogP contribution in [0, 0.1) is 6.92 Å². The Morgan fingerprint density at radius 3 is 2.47 bits per heavy atom. The van der Waals surface area contributed by atoms with Crippen LogP contribution in [-0.2, 0) is 0 Å². The average Bonchev–Trinajstić information content (AvgIpc) is 3.13. The summed E-state index contributed by atoms with van der Waals surface area (Å²) in [6, 6.07) is 14.3. The van der Waals surface area contributed by atoms with Crippen LogP contribution < -0.4 is 5.32 Å². The molecule has 32 heavy (non-hydrogen) atoms. The van der Waals surface area contributed by atoms with Gasteiger partial charge in [0, 0.05) is 25.0 Å². The van der Waals surface area contributed by atoms with Crippen molar-refractivity contribution in [2.24, 2.45) is 0 Å². The molecule has 0 fully saturated rings. The van der Waals surface area contributed by atoms with E-state index in [1.165, 1.54) is 4.90 Å². The number of thiazole rings is 1. The molecule has 0 aliphatic rings. The van der Waals surface area contributed by atoms with Gasteiger partial charge in [-0.05, 0) is 31.2 Å². The average molecular weight is 485 g/mol. The maximum absolute atomic E-state index is 13.2. The Bertz CT molecular complexity index is 1370. The van der Waals surface area contributed by atoms with Gasteiger partial charge in [0.2, 0.25) is 0 Å². The lowest BCUT2D eigenvalue weighted by Gasteiger charge is -2.10. The zero-order chi connectivity index (χ0) is 23.0. The van der Waals surface area contributed by atoms with Crippen molar-refractivity contribution in [1.29, 1.82) is 0 Å². The highest BCUT2D eigenvalue weighted by atomic mass is 35.5. The molecule has 2 amide bonds. The molecule has 2 heterocycles. The predicted octanol–water partition coefficient (Wildman–Crippen LogP) is 5.93. The number of amides is 2. The molecule has 0 saturated heterocycles. The zero-order valence-corrected chi connectivity index (χ0v) is 19.8. The van der Waals surface area contributed by atoms with E-state index in [1.54, 1.807) is 45.3 Å². The van der Waals surface area contributed by atoms with Crippen molar-refractivity contribution in [1.82, 2.24) is 14.9 Å². The first-order chi connectivity index (χ1) is 15.2. The molecule has 2 aromatic heterocycles. The first kappa shape index (κ1) is 22.2. The quantitative estimate of drug-likeness (QED) is 0.389. The van der Waals surface area contributed by atoms with Gasteiger partial charge in [0.15, 0.2) is 5.13 Å². The van der Waals surface area contributed by atoms with Crippen molar-refractivity contribution in [3.63, 3.8) is 0 Å². The lowest BCUT2D eigenvalue weighted by atomic mass is 10.0. The fraction of sp³-hybridized carbons (Fsp3) is 0.130. The summed E-state index contributed by atoms with van der Waals surface area (Å²) in [4.78, 5) is 36.6. The number of carbonyl (C=O) groups excluding carboxylic acids is 2. The van der Waals surface area contributed by atoms with Gasteiger partial charge in [-0.2, -0.15) is 0 Å². The number of rotatable bonds is 4. The van der Waals surface area contributed by atoms with Gasteiger partial charge in [-0.25, -0.2) is 9.97 Å². The van der Waals surface area contributed by atoms with E-state index in [-0.39, 0.29) is 11.8 Å². The van der Waals surface area contributed by atoms with Crippen LogP contribution in [0.4, 0.5) is 5.13 Å². The fourth-order valence-electron chi connectivity index (χ4n) is 3.18. The second-order valence-corrected chi connectivity index (χ2v) is 9.10. The number of benzene rings is 2. The van der Waals surface area contributed by atoms with E-state index in [4.69, 9.17) is 23.2 Å². The number of aromatic nitrogens is 2. The Hall–Kier alpha value is -3.00. The molecule has 0 aliphatic carbocycles. The van der Waals surface area contributed by atoms with Crippen molar-refractivity contribution in [2.75, 3.05) is 19.4 Å². The summed E-state index contributed by atoms with van der Waals surface area (Å²) in [5, 5.41) is 4.73. The number of hydrogen-bond acceptors (Lipinski definition) is 5. The summed E-state index contributed by atoms with van der Waals surface area (Å²) in [6.45, 7) is 1.74. The van der Waals surface area contributed by atoms with E-state index in [0.717, 1.165) is 16.9 Å². The van der Waals surface area contributed by atoms with Crippen molar-refractivity contribution >= 4 is 62.4 Å². The largest absolute Gasteiger partial charge is 0.344 e. The van der Waals surface area contributed by atoms with Crippen LogP contribution in [0.15, 0.2) is 48.5 Å². The minimum atomic E-state index is -0.345. The van der Waals surface area contributed by atoms with Crippen LogP contribution in [0.25, 0.3) is 22.2 Å². The Balaban J connectivity index is 1.75. The van der Waals surface area contributed by atoms with Crippen LogP contribution in [0.3, 0.4) is 0 Å². The van der Waals surface area contributed by atoms with Crippen molar-refractivity contribution in [3.8, 4) is 11.3 Å². The molecule has 4 rings (SSSR count). The standard InChI is InChI=1S/C23H18Cl2N4O2S/c1-12-20(22(31)29(2)3)32-23(26-12)28-21(30)15-11-19(13-8-9-16(24)17(25)10-13)27-18-7-5-4-6-14(15)18/h4-11H,1-3H3,(H,26,28,30). The number of para-hydroxylation sites is 1. The van der Waals surface area contributed by atoms with E-state index >= 15 is 0 Å². The summed E-state index contributed by atoms with van der Waals surface area (Å²) in [5.74, 6) is -0.501. The predicted molar refractivity (Wildman–Crippen MR) is 130 cm³/mol. The molecular weight excluding hydrogens is 467 g/mol. The summed E-state index contributed by atoms with van der Waals surface area (Å²) >= 11 is 13.4. The van der Waals surface area contributed by atoms with Crippen LogP contribution in [0.5, 0.6) is 0 Å². The lowest BCUT2D eigenvalue weighted by Crippen LogP contribution is -2.21. The normalized spacial score (nSPS) is 10.9. The van der Waals surface area contributed by atoms with E-state index in [9.17, 15) is 9.59 Å². The van der Waals surface area contributed by atoms with Gasteiger partial charge in [-0.1, -0.05) is 58.8 Å². The Labute approximate surface area is 198 Å². The molecule has 0 saturated carbocycles. The molecule has 4 aromatic rings. The minimum Gasteiger partial charge on any atom is -0.344 e. The second-order valence-electron chi connectivity index (χ2n) is 7.29. The highest BCUT2D eigenvalue weighted by Gasteiger charge is 2.20. The van der Waals surface area contributed by atoms with Crippen molar-refractivity contribution in [2.45, 2.75) is 6.92 Å². The maximum Gasteiger partial charge on any atom is 0.265 e. The Morgan fingerprint density at radius 1 is 1.00 bits per heavy atom. The third-order valence-electron chi connectivity index (χ3n) is 4.79. The maximum atomic E-state index is 13.2. The van der Waals surface area contributed by atoms with E-state index in [1.807, 2.05) is 24.3 Å². The second kappa shape index (κ2) is 8.86. The number of nitrogens with zero attached hydrogens (tertiary/aromatic N) is 3. The summed E-state index contributed by atoms with van der Waals surface area (Å²) in [6.07, 6.45) is 0. The van der Waals surface area contributed by atoms with Crippen LogP contribution >= 0.6 is 34.5 Å². The highest BCUT2D eigenvalue weighted by Crippen LogP contribution is 2.31. The molecular formula is C23H18Cl2N4O2S. The van der Waals surface area contributed by atoms with Gasteiger partial charge in [0.05, 0.1) is 32.5 Å². The van der Waals surface area contributed by atoms with Gasteiger partial charge in [-0.15, -0.1) is 0 Å². The third kappa shape index (κ3) is 4.32. The highest BCUT2D eigenvalue weighted by molar-refractivity contribution is 7.17. The van der Waals surface area contributed by atoms with Gasteiger partial charge < -0.3 is 4.90 Å². The first-order valence-corrected chi connectivity index (χ1v) is 11.2. The zero-order valence-electron chi connectivity index (χ0n) is 17.4. The van der Waals surface area contributed by atoms with Gasteiger partial charge in [-0.3, -0.25) is 14.9 Å². The number of hydrogen-bond donors (Lipinski definition) is 1. The number of fused-ring (bicyclic) bond motifs is 1. The van der Waals surface area contributed by atoms with Crippen molar-refractivity contribution < 1.29 is 9.59 Å². The number of halogens is 2. The number of carbonyl (C=O) groups is 2. The lowest BCUT2D eigenvalue weighted by molar-refractivity contribution is 0.0831. The van der Waals surface area contributed by atoms with E-state index < -0.39 is 0 Å². The topological polar surface area (TPSA) is 75.2 Å².